The molecule has 1 aliphatic carbocycles. The van der Waals surface area contributed by atoms with Gasteiger partial charge in [-0.15, -0.1) is 0 Å². The molecule has 0 radical (unpaired) electrons. The van der Waals surface area contributed by atoms with E-state index in [1.54, 1.807) is 9.08 Å². The predicted molar refractivity (Wildman–Crippen MR) is 114 cm³/mol. The number of nitrogens with zero attached hydrogens (tertiary/aromatic N) is 5. The van der Waals surface area contributed by atoms with Crippen LogP contribution in [0.2, 0.25) is 5.02 Å². The van der Waals surface area contributed by atoms with E-state index < -0.39 is 0 Å². The zero-order valence-electron chi connectivity index (χ0n) is 15.9. The maximum absolute atomic E-state index is 13.5. The van der Waals surface area contributed by atoms with Crippen molar-refractivity contribution < 1.29 is 0 Å². The molecular formula is C22H20ClN5O. The van der Waals surface area contributed by atoms with Crippen molar-refractivity contribution >= 4 is 28.3 Å². The molecule has 7 heteroatoms. The van der Waals surface area contributed by atoms with E-state index in [4.69, 9.17) is 11.6 Å². The fourth-order valence-corrected chi connectivity index (χ4v) is 4.26. The molecule has 3 aromatic heterocycles. The molecule has 6 nitrogen and oxygen atoms in total. The molecule has 0 atom stereocenters. The smallest absolute Gasteiger partial charge is 0.262 e. The van der Waals surface area contributed by atoms with Gasteiger partial charge in [0.2, 0.25) is 0 Å². The van der Waals surface area contributed by atoms with Crippen molar-refractivity contribution in [1.29, 1.82) is 0 Å². The standard InChI is InChI=1S/C22H20ClN5O/c23-17-9-5-4-8-16(17)20-19-18(26-22-24-14-25-28(20)22)11-13-27(21(19)29)12-10-15-6-2-1-3-7-15/h4-6,8-9,11,13-14H,1-3,7,10,12H2. The maximum Gasteiger partial charge on any atom is 0.262 e. The van der Waals surface area contributed by atoms with Gasteiger partial charge in [-0.25, -0.2) is 4.98 Å². The number of pyridine rings is 1. The Kier molecular flexibility index (Phi) is 4.64. The lowest BCUT2D eigenvalue weighted by molar-refractivity contribution is 0.616. The van der Waals surface area contributed by atoms with E-state index in [1.165, 1.54) is 24.7 Å². The van der Waals surface area contributed by atoms with Crippen LogP contribution in [-0.4, -0.2) is 24.1 Å². The molecular weight excluding hydrogens is 386 g/mol. The second kappa shape index (κ2) is 7.44. The summed E-state index contributed by atoms with van der Waals surface area (Å²) in [5, 5.41) is 5.37. The van der Waals surface area contributed by atoms with Crippen LogP contribution in [0, 0.1) is 0 Å². The molecule has 0 saturated carbocycles. The molecule has 0 saturated heterocycles. The molecule has 1 aromatic carbocycles. The van der Waals surface area contributed by atoms with Crippen molar-refractivity contribution in [2.75, 3.05) is 0 Å². The quantitative estimate of drug-likeness (QED) is 0.463. The monoisotopic (exact) mass is 405 g/mol. The van der Waals surface area contributed by atoms with Gasteiger partial charge in [0, 0.05) is 23.3 Å². The van der Waals surface area contributed by atoms with E-state index in [9.17, 15) is 4.79 Å². The van der Waals surface area contributed by atoms with Crippen molar-refractivity contribution in [3.63, 3.8) is 0 Å². The minimum atomic E-state index is -0.0845. The van der Waals surface area contributed by atoms with Gasteiger partial charge in [0.15, 0.2) is 0 Å². The van der Waals surface area contributed by atoms with E-state index in [0.717, 1.165) is 24.8 Å². The summed E-state index contributed by atoms with van der Waals surface area (Å²) in [6.45, 7) is 0.651. The fraction of sp³-hybridized carbons (Fsp3) is 0.273. The molecule has 0 unspecified atom stereocenters. The van der Waals surface area contributed by atoms with E-state index in [-0.39, 0.29) is 5.56 Å². The highest BCUT2D eigenvalue weighted by atomic mass is 35.5. The third-order valence-corrected chi connectivity index (χ3v) is 5.86. The largest absolute Gasteiger partial charge is 0.314 e. The summed E-state index contributed by atoms with van der Waals surface area (Å²) in [5.74, 6) is 0.442. The Hall–Kier alpha value is -2.99. The molecule has 146 valence electrons. The molecule has 1 aliphatic rings. The van der Waals surface area contributed by atoms with Gasteiger partial charge in [0.05, 0.1) is 16.6 Å². The molecule has 5 rings (SSSR count). The number of halogens is 1. The number of rotatable bonds is 4. The summed E-state index contributed by atoms with van der Waals surface area (Å²) >= 11 is 6.48. The Bertz CT molecular complexity index is 1300. The lowest BCUT2D eigenvalue weighted by Crippen LogP contribution is -2.22. The fourth-order valence-electron chi connectivity index (χ4n) is 4.04. The molecule has 0 N–H and O–H groups in total. The lowest BCUT2D eigenvalue weighted by atomic mass is 9.97. The van der Waals surface area contributed by atoms with Crippen LogP contribution in [0.15, 0.2) is 59.3 Å². The van der Waals surface area contributed by atoms with E-state index in [0.29, 0.717) is 33.9 Å². The third-order valence-electron chi connectivity index (χ3n) is 5.53. The summed E-state index contributed by atoms with van der Waals surface area (Å²) in [7, 11) is 0. The van der Waals surface area contributed by atoms with Crippen LogP contribution < -0.4 is 5.56 Å². The third kappa shape index (κ3) is 3.23. The number of aromatic nitrogens is 5. The highest BCUT2D eigenvalue weighted by Crippen LogP contribution is 2.31. The summed E-state index contributed by atoms with van der Waals surface area (Å²) < 4.78 is 3.36. The summed E-state index contributed by atoms with van der Waals surface area (Å²) in [6.07, 6.45) is 11.3. The summed E-state index contributed by atoms with van der Waals surface area (Å²) in [4.78, 5) is 22.2. The average molecular weight is 406 g/mol. The number of allylic oxidation sites excluding steroid dienone is 2. The SMILES string of the molecule is O=c1c2c(-c3ccccc3Cl)n3ncnc3nc2ccn1CCC1=CCCCC1. The number of benzene rings is 1. The highest BCUT2D eigenvalue weighted by Gasteiger charge is 2.19. The van der Waals surface area contributed by atoms with Crippen molar-refractivity contribution in [3.8, 4) is 11.3 Å². The average Bonchev–Trinajstić information content (AvgIpc) is 3.21. The Morgan fingerprint density at radius 2 is 2.03 bits per heavy atom. The van der Waals surface area contributed by atoms with E-state index >= 15 is 0 Å². The first kappa shape index (κ1) is 18.1. The maximum atomic E-state index is 13.5. The Morgan fingerprint density at radius 3 is 2.86 bits per heavy atom. The van der Waals surface area contributed by atoms with Crippen molar-refractivity contribution in [3.05, 3.63) is 69.9 Å². The van der Waals surface area contributed by atoms with Crippen molar-refractivity contribution in [2.24, 2.45) is 0 Å². The zero-order chi connectivity index (χ0) is 19.8. The van der Waals surface area contributed by atoms with E-state index in [2.05, 4.69) is 21.1 Å². The highest BCUT2D eigenvalue weighted by molar-refractivity contribution is 6.33. The molecule has 0 spiro atoms. The van der Waals surface area contributed by atoms with Crippen LogP contribution in [-0.2, 0) is 6.54 Å². The van der Waals surface area contributed by atoms with Crippen LogP contribution >= 0.6 is 11.6 Å². The Balaban J connectivity index is 1.70. The number of aryl methyl sites for hydroxylation is 1. The minimum absolute atomic E-state index is 0.0845. The molecule has 4 aromatic rings. The van der Waals surface area contributed by atoms with Crippen molar-refractivity contribution in [2.45, 2.75) is 38.6 Å². The zero-order valence-corrected chi connectivity index (χ0v) is 16.6. The van der Waals surface area contributed by atoms with Crippen molar-refractivity contribution in [1.82, 2.24) is 24.1 Å². The summed E-state index contributed by atoms with van der Waals surface area (Å²) in [5.41, 5.74) is 3.32. The number of hydrogen-bond donors (Lipinski definition) is 0. The van der Waals surface area contributed by atoms with Gasteiger partial charge in [-0.3, -0.25) is 4.79 Å². The van der Waals surface area contributed by atoms with Crippen LogP contribution in [0.4, 0.5) is 0 Å². The Morgan fingerprint density at radius 1 is 1.14 bits per heavy atom. The molecule has 0 aliphatic heterocycles. The van der Waals surface area contributed by atoms with Gasteiger partial charge in [-0.05, 0) is 44.2 Å². The molecule has 3 heterocycles. The second-order valence-corrected chi connectivity index (χ2v) is 7.75. The first-order valence-corrected chi connectivity index (χ1v) is 10.3. The molecule has 0 amide bonds. The number of fused-ring (bicyclic) bond motifs is 2. The molecule has 0 fully saturated rings. The minimum Gasteiger partial charge on any atom is -0.314 e. The van der Waals surface area contributed by atoms with E-state index in [1.807, 2.05) is 36.5 Å². The summed E-state index contributed by atoms with van der Waals surface area (Å²) in [6, 6.07) is 9.34. The molecule has 0 bridgehead atoms. The van der Waals surface area contributed by atoms with Crippen LogP contribution in [0.5, 0.6) is 0 Å². The first-order valence-electron chi connectivity index (χ1n) is 9.88. The normalized spacial score (nSPS) is 14.4. The van der Waals surface area contributed by atoms with Gasteiger partial charge in [0.25, 0.3) is 11.3 Å². The second-order valence-electron chi connectivity index (χ2n) is 7.34. The van der Waals surface area contributed by atoms with Gasteiger partial charge in [0.1, 0.15) is 6.33 Å². The predicted octanol–water partition coefficient (Wildman–Crippen LogP) is 4.65. The topological polar surface area (TPSA) is 65.1 Å². The van der Waals surface area contributed by atoms with Gasteiger partial charge >= 0.3 is 0 Å². The number of hydrogen-bond acceptors (Lipinski definition) is 4. The van der Waals surface area contributed by atoms with Gasteiger partial charge in [-0.2, -0.15) is 14.6 Å². The lowest BCUT2D eigenvalue weighted by Gasteiger charge is -2.15. The van der Waals surface area contributed by atoms with Crippen LogP contribution in [0.3, 0.4) is 0 Å². The van der Waals surface area contributed by atoms with Crippen LogP contribution in [0.25, 0.3) is 27.9 Å². The van der Waals surface area contributed by atoms with Crippen LogP contribution in [0.1, 0.15) is 32.1 Å². The van der Waals surface area contributed by atoms with Gasteiger partial charge < -0.3 is 4.57 Å². The first-order chi connectivity index (χ1) is 14.2. The van der Waals surface area contributed by atoms with Gasteiger partial charge in [-0.1, -0.05) is 41.4 Å². The Labute approximate surface area is 172 Å². The molecule has 29 heavy (non-hydrogen) atoms.